The molecule has 2 atom stereocenters. The van der Waals surface area contributed by atoms with E-state index < -0.39 is 11.7 Å². The highest BCUT2D eigenvalue weighted by Gasteiger charge is 2.30. The van der Waals surface area contributed by atoms with Crippen LogP contribution in [0, 0.1) is 0 Å². The van der Waals surface area contributed by atoms with Gasteiger partial charge in [-0.2, -0.15) is 13.2 Å². The lowest BCUT2D eigenvalue weighted by molar-refractivity contribution is -0.137. The molecule has 0 aliphatic heterocycles. The molecule has 0 spiro atoms. The van der Waals surface area contributed by atoms with E-state index in [0.717, 1.165) is 24.1 Å². The summed E-state index contributed by atoms with van der Waals surface area (Å²) < 4.78 is 37.5. The number of alkyl halides is 3. The third-order valence-electron chi connectivity index (χ3n) is 3.16. The van der Waals surface area contributed by atoms with Crippen LogP contribution in [-0.4, -0.2) is 24.3 Å². The summed E-state index contributed by atoms with van der Waals surface area (Å²) in [6.45, 7) is 2.39. The Morgan fingerprint density at radius 1 is 1.25 bits per heavy atom. The summed E-state index contributed by atoms with van der Waals surface area (Å²) in [6, 6.07) is 4.98. The predicted octanol–water partition coefficient (Wildman–Crippen LogP) is 2.46. The molecule has 0 radical (unpaired) electrons. The van der Waals surface area contributed by atoms with Crippen LogP contribution in [0.3, 0.4) is 0 Å². The molecular formula is C14H21F3N2O. The normalized spacial score (nSPS) is 15.1. The Morgan fingerprint density at radius 3 is 2.30 bits per heavy atom. The molecule has 20 heavy (non-hydrogen) atoms. The smallest absolute Gasteiger partial charge is 0.396 e. The van der Waals surface area contributed by atoms with Crippen molar-refractivity contribution in [3.63, 3.8) is 0 Å². The summed E-state index contributed by atoms with van der Waals surface area (Å²) in [5, 5.41) is 12.0. The highest BCUT2D eigenvalue weighted by Crippen LogP contribution is 2.29. The third-order valence-corrected chi connectivity index (χ3v) is 3.16. The van der Waals surface area contributed by atoms with Crippen LogP contribution >= 0.6 is 0 Å². The van der Waals surface area contributed by atoms with Crippen LogP contribution in [0.25, 0.3) is 0 Å². The van der Waals surface area contributed by atoms with Gasteiger partial charge in [0.1, 0.15) is 0 Å². The number of halogens is 3. The molecule has 3 nitrogen and oxygen atoms in total. The van der Waals surface area contributed by atoms with Crippen LogP contribution in [0.15, 0.2) is 24.3 Å². The molecule has 1 aromatic carbocycles. The van der Waals surface area contributed by atoms with Gasteiger partial charge in [-0.25, -0.2) is 0 Å². The molecule has 0 bridgehead atoms. The average Bonchev–Trinajstić information content (AvgIpc) is 2.41. The molecule has 0 amide bonds. The highest BCUT2D eigenvalue weighted by atomic mass is 19.4. The first-order valence-corrected chi connectivity index (χ1v) is 6.62. The van der Waals surface area contributed by atoms with Crippen molar-refractivity contribution in [3.05, 3.63) is 35.4 Å². The molecule has 1 aromatic rings. The van der Waals surface area contributed by atoms with Gasteiger partial charge in [0.05, 0.1) is 5.56 Å². The monoisotopic (exact) mass is 290 g/mol. The molecule has 0 fully saturated rings. The first-order chi connectivity index (χ1) is 9.38. The molecule has 114 valence electrons. The van der Waals surface area contributed by atoms with Gasteiger partial charge in [-0.1, -0.05) is 12.1 Å². The van der Waals surface area contributed by atoms with Gasteiger partial charge in [0.15, 0.2) is 0 Å². The number of hydrogen-bond donors (Lipinski definition) is 3. The first kappa shape index (κ1) is 16.9. The van der Waals surface area contributed by atoms with Gasteiger partial charge in [-0.05, 0) is 37.5 Å². The Balaban J connectivity index is 2.70. The Morgan fingerprint density at radius 2 is 1.85 bits per heavy atom. The maximum absolute atomic E-state index is 12.5. The van der Waals surface area contributed by atoms with Crippen LogP contribution in [0.1, 0.15) is 36.9 Å². The van der Waals surface area contributed by atoms with E-state index in [-0.39, 0.29) is 18.7 Å². The van der Waals surface area contributed by atoms with Crippen LogP contribution in [0.4, 0.5) is 13.2 Å². The highest BCUT2D eigenvalue weighted by molar-refractivity contribution is 5.27. The Bertz CT molecular complexity index is 392. The zero-order valence-electron chi connectivity index (χ0n) is 11.5. The maximum atomic E-state index is 12.5. The van der Waals surface area contributed by atoms with Gasteiger partial charge in [0, 0.05) is 25.2 Å². The van der Waals surface area contributed by atoms with Gasteiger partial charge < -0.3 is 16.2 Å². The molecule has 4 N–H and O–H groups in total. The average molecular weight is 290 g/mol. The number of aliphatic hydroxyl groups is 1. The number of hydrogen-bond acceptors (Lipinski definition) is 3. The predicted molar refractivity (Wildman–Crippen MR) is 72.2 cm³/mol. The van der Waals surface area contributed by atoms with Crippen LogP contribution in [0.5, 0.6) is 0 Å². The molecule has 0 saturated carbocycles. The van der Waals surface area contributed by atoms with E-state index in [1.165, 1.54) is 12.1 Å². The number of benzene rings is 1. The van der Waals surface area contributed by atoms with E-state index in [4.69, 9.17) is 10.8 Å². The fourth-order valence-corrected chi connectivity index (χ4v) is 2.03. The van der Waals surface area contributed by atoms with Crippen molar-refractivity contribution in [2.24, 2.45) is 5.73 Å². The van der Waals surface area contributed by atoms with Crippen molar-refractivity contribution in [2.75, 3.05) is 13.2 Å². The van der Waals surface area contributed by atoms with Gasteiger partial charge >= 0.3 is 6.18 Å². The summed E-state index contributed by atoms with van der Waals surface area (Å²) in [6.07, 6.45) is -2.86. The fourth-order valence-electron chi connectivity index (χ4n) is 2.03. The first-order valence-electron chi connectivity index (χ1n) is 6.62. The standard InChI is InChI=1S/C14H21F3N2O/c1-10(3-2-8-20)19-13(9-18)11-4-6-12(7-5-11)14(15,16)17/h4-7,10,13,19-20H,2-3,8-9,18H2,1H3. The Hall–Kier alpha value is -1.11. The van der Waals surface area contributed by atoms with E-state index in [9.17, 15) is 13.2 Å². The van der Waals surface area contributed by atoms with Crippen molar-refractivity contribution in [3.8, 4) is 0 Å². The maximum Gasteiger partial charge on any atom is 0.416 e. The van der Waals surface area contributed by atoms with Crippen LogP contribution in [0.2, 0.25) is 0 Å². The minimum Gasteiger partial charge on any atom is -0.396 e. The van der Waals surface area contributed by atoms with E-state index >= 15 is 0 Å². The largest absolute Gasteiger partial charge is 0.416 e. The van der Waals surface area contributed by atoms with Crippen molar-refractivity contribution < 1.29 is 18.3 Å². The van der Waals surface area contributed by atoms with Crippen molar-refractivity contribution in [2.45, 2.75) is 38.0 Å². The second-order valence-corrected chi connectivity index (χ2v) is 4.84. The molecule has 1 rings (SSSR count). The van der Waals surface area contributed by atoms with Crippen LogP contribution < -0.4 is 11.1 Å². The van der Waals surface area contributed by atoms with E-state index in [0.29, 0.717) is 13.0 Å². The summed E-state index contributed by atoms with van der Waals surface area (Å²) in [4.78, 5) is 0. The molecule has 2 unspecified atom stereocenters. The number of nitrogens with one attached hydrogen (secondary N) is 1. The van der Waals surface area contributed by atoms with Crippen LogP contribution in [-0.2, 0) is 6.18 Å². The molecular weight excluding hydrogens is 269 g/mol. The quantitative estimate of drug-likeness (QED) is 0.723. The van der Waals surface area contributed by atoms with Crippen molar-refractivity contribution in [1.29, 1.82) is 0 Å². The minimum atomic E-state index is -4.32. The number of rotatable bonds is 7. The van der Waals surface area contributed by atoms with E-state index in [2.05, 4.69) is 5.32 Å². The van der Waals surface area contributed by atoms with Gasteiger partial charge in [0.2, 0.25) is 0 Å². The van der Waals surface area contributed by atoms with Crippen molar-refractivity contribution in [1.82, 2.24) is 5.32 Å². The SMILES string of the molecule is CC(CCCO)NC(CN)c1ccc(C(F)(F)F)cc1. The number of aliphatic hydroxyl groups excluding tert-OH is 1. The zero-order chi connectivity index (χ0) is 15.2. The lowest BCUT2D eigenvalue weighted by atomic mass is 10.0. The topological polar surface area (TPSA) is 58.3 Å². The zero-order valence-corrected chi connectivity index (χ0v) is 11.5. The van der Waals surface area contributed by atoms with Crippen molar-refractivity contribution >= 4 is 0 Å². The second-order valence-electron chi connectivity index (χ2n) is 4.84. The molecule has 0 aliphatic carbocycles. The van der Waals surface area contributed by atoms with Gasteiger partial charge in [-0.3, -0.25) is 0 Å². The van der Waals surface area contributed by atoms with Gasteiger partial charge in [0.25, 0.3) is 0 Å². The number of nitrogens with two attached hydrogens (primary N) is 1. The molecule has 0 aliphatic rings. The van der Waals surface area contributed by atoms with Gasteiger partial charge in [-0.15, -0.1) is 0 Å². The lowest BCUT2D eigenvalue weighted by Gasteiger charge is -2.22. The second kappa shape index (κ2) is 7.61. The molecule has 6 heteroatoms. The fraction of sp³-hybridized carbons (Fsp3) is 0.571. The minimum absolute atomic E-state index is 0.125. The summed E-state index contributed by atoms with van der Waals surface area (Å²) in [5.74, 6) is 0. The summed E-state index contributed by atoms with van der Waals surface area (Å²) >= 11 is 0. The third kappa shape index (κ3) is 5.11. The molecule has 0 aromatic heterocycles. The Labute approximate surface area is 117 Å². The Kier molecular flexibility index (Phi) is 6.45. The van der Waals surface area contributed by atoms with E-state index in [1.54, 1.807) is 0 Å². The van der Waals surface area contributed by atoms with E-state index in [1.807, 2.05) is 6.92 Å². The summed E-state index contributed by atoms with van der Waals surface area (Å²) in [5.41, 5.74) is 5.74. The summed E-state index contributed by atoms with van der Waals surface area (Å²) in [7, 11) is 0. The molecule has 0 saturated heterocycles. The molecule has 0 heterocycles. The lowest BCUT2D eigenvalue weighted by Crippen LogP contribution is -2.35.